The van der Waals surface area contributed by atoms with E-state index in [-0.39, 0.29) is 5.54 Å². The Morgan fingerprint density at radius 1 is 1.16 bits per heavy atom. The van der Waals surface area contributed by atoms with Crippen LogP contribution in [0.3, 0.4) is 0 Å². The Morgan fingerprint density at radius 3 is 2.32 bits per heavy atom. The molecule has 0 saturated carbocycles. The van der Waals surface area contributed by atoms with Gasteiger partial charge in [-0.1, -0.05) is 17.7 Å². The van der Waals surface area contributed by atoms with Crippen molar-refractivity contribution < 1.29 is 0 Å². The minimum Gasteiger partial charge on any atom is -0.302 e. The zero-order valence-corrected chi connectivity index (χ0v) is 13.2. The van der Waals surface area contributed by atoms with E-state index in [0.717, 1.165) is 11.6 Å². The van der Waals surface area contributed by atoms with Gasteiger partial charge in [-0.05, 0) is 51.3 Å². The third-order valence-electron chi connectivity index (χ3n) is 3.51. The van der Waals surface area contributed by atoms with Crippen molar-refractivity contribution in [2.45, 2.75) is 46.7 Å². The maximum atomic E-state index is 4.42. The summed E-state index contributed by atoms with van der Waals surface area (Å²) in [5.74, 6) is 0. The lowest BCUT2D eigenvalue weighted by molar-refractivity contribution is 0.398. The Morgan fingerprint density at radius 2 is 1.79 bits per heavy atom. The van der Waals surface area contributed by atoms with E-state index in [2.05, 4.69) is 57.1 Å². The van der Waals surface area contributed by atoms with E-state index in [9.17, 15) is 0 Å². The van der Waals surface area contributed by atoms with Crippen LogP contribution in [0.2, 0.25) is 0 Å². The number of nitrogens with zero attached hydrogens (tertiary/aromatic N) is 1. The van der Waals surface area contributed by atoms with E-state index >= 15 is 0 Å². The number of hydrogen-bond acceptors (Lipinski definition) is 3. The number of aromatic nitrogens is 1. The molecule has 1 aromatic carbocycles. The summed E-state index contributed by atoms with van der Waals surface area (Å²) in [5.41, 5.74) is 5.37. The molecule has 2 aromatic rings. The van der Waals surface area contributed by atoms with E-state index in [1.54, 1.807) is 11.3 Å². The molecule has 0 unspecified atom stereocenters. The van der Waals surface area contributed by atoms with Crippen LogP contribution in [0.5, 0.6) is 0 Å². The topological polar surface area (TPSA) is 24.9 Å². The molecule has 19 heavy (non-hydrogen) atoms. The third kappa shape index (κ3) is 3.23. The van der Waals surface area contributed by atoms with Gasteiger partial charge < -0.3 is 5.32 Å². The first-order valence-electron chi connectivity index (χ1n) is 6.62. The van der Waals surface area contributed by atoms with Crippen LogP contribution in [-0.4, -0.2) is 4.98 Å². The SMILES string of the molecule is Cc1cc(C)c(CNC(C)(C)c2nccs2)c(C)c1. The number of thiazole rings is 1. The fourth-order valence-corrected chi connectivity index (χ4v) is 3.14. The highest BCUT2D eigenvalue weighted by atomic mass is 32.1. The van der Waals surface area contributed by atoms with Gasteiger partial charge in [0.1, 0.15) is 5.01 Å². The predicted molar refractivity (Wildman–Crippen MR) is 82.6 cm³/mol. The van der Waals surface area contributed by atoms with Gasteiger partial charge in [0.25, 0.3) is 0 Å². The molecule has 102 valence electrons. The molecule has 1 aromatic heterocycles. The van der Waals surface area contributed by atoms with Crippen LogP contribution in [0.4, 0.5) is 0 Å². The van der Waals surface area contributed by atoms with Gasteiger partial charge in [0.2, 0.25) is 0 Å². The van der Waals surface area contributed by atoms with E-state index in [0.29, 0.717) is 0 Å². The Balaban J connectivity index is 2.15. The summed E-state index contributed by atoms with van der Waals surface area (Å²) in [6.07, 6.45) is 1.87. The van der Waals surface area contributed by atoms with Crippen LogP contribution in [0.1, 0.15) is 41.1 Å². The van der Waals surface area contributed by atoms with Crippen LogP contribution in [0.25, 0.3) is 0 Å². The van der Waals surface area contributed by atoms with Crippen LogP contribution in [0.15, 0.2) is 23.7 Å². The molecular formula is C16H22N2S. The number of nitrogens with one attached hydrogen (secondary N) is 1. The van der Waals surface area contributed by atoms with E-state index < -0.39 is 0 Å². The second kappa shape index (κ2) is 5.43. The zero-order valence-electron chi connectivity index (χ0n) is 12.4. The summed E-state index contributed by atoms with van der Waals surface area (Å²) < 4.78 is 0. The number of rotatable bonds is 4. The standard InChI is InChI=1S/C16H22N2S/c1-11-8-12(2)14(13(3)9-11)10-18-16(4,5)15-17-6-7-19-15/h6-9,18H,10H2,1-5H3. The van der Waals surface area contributed by atoms with Crippen molar-refractivity contribution >= 4 is 11.3 Å². The molecule has 1 heterocycles. The van der Waals surface area contributed by atoms with Gasteiger partial charge >= 0.3 is 0 Å². The average Bonchev–Trinajstić information content (AvgIpc) is 2.81. The number of benzene rings is 1. The average molecular weight is 274 g/mol. The minimum absolute atomic E-state index is 0.0854. The van der Waals surface area contributed by atoms with Crippen LogP contribution in [0, 0.1) is 20.8 Å². The lowest BCUT2D eigenvalue weighted by Crippen LogP contribution is -2.36. The first-order chi connectivity index (χ1) is 8.90. The van der Waals surface area contributed by atoms with Crippen LogP contribution in [-0.2, 0) is 12.1 Å². The molecule has 2 rings (SSSR count). The maximum absolute atomic E-state index is 4.42. The fourth-order valence-electron chi connectivity index (χ4n) is 2.41. The molecule has 0 bridgehead atoms. The second-order valence-electron chi connectivity index (χ2n) is 5.69. The third-order valence-corrected chi connectivity index (χ3v) is 4.61. The van der Waals surface area contributed by atoms with Gasteiger partial charge in [0.15, 0.2) is 0 Å². The summed E-state index contributed by atoms with van der Waals surface area (Å²) in [6, 6.07) is 4.50. The smallest absolute Gasteiger partial charge is 0.112 e. The predicted octanol–water partition coefficient (Wildman–Crippen LogP) is 4.09. The van der Waals surface area contributed by atoms with Gasteiger partial charge in [-0.2, -0.15) is 0 Å². The van der Waals surface area contributed by atoms with Gasteiger partial charge in [-0.25, -0.2) is 4.98 Å². The lowest BCUT2D eigenvalue weighted by atomic mass is 9.98. The highest BCUT2D eigenvalue weighted by molar-refractivity contribution is 7.09. The normalized spacial score (nSPS) is 11.8. The highest BCUT2D eigenvalue weighted by Gasteiger charge is 2.22. The van der Waals surface area contributed by atoms with Crippen molar-refractivity contribution in [2.24, 2.45) is 0 Å². The Hall–Kier alpha value is -1.19. The molecule has 0 amide bonds. The molecule has 0 atom stereocenters. The van der Waals surface area contributed by atoms with Crippen molar-refractivity contribution in [1.82, 2.24) is 10.3 Å². The summed E-state index contributed by atoms with van der Waals surface area (Å²) >= 11 is 1.70. The van der Waals surface area contributed by atoms with Gasteiger partial charge in [-0.15, -0.1) is 11.3 Å². The molecule has 0 spiro atoms. The van der Waals surface area contributed by atoms with Crippen molar-refractivity contribution in [2.75, 3.05) is 0 Å². The second-order valence-corrected chi connectivity index (χ2v) is 6.59. The highest BCUT2D eigenvalue weighted by Crippen LogP contribution is 2.24. The molecule has 0 aliphatic heterocycles. The molecular weight excluding hydrogens is 252 g/mol. The summed E-state index contributed by atoms with van der Waals surface area (Å²) in [7, 11) is 0. The van der Waals surface area contributed by atoms with E-state index in [1.807, 2.05) is 11.6 Å². The molecule has 0 fully saturated rings. The van der Waals surface area contributed by atoms with Crippen LogP contribution >= 0.6 is 11.3 Å². The fraction of sp³-hybridized carbons (Fsp3) is 0.438. The Kier molecular flexibility index (Phi) is 4.07. The molecule has 0 aliphatic carbocycles. The molecule has 0 radical (unpaired) electrons. The van der Waals surface area contributed by atoms with Gasteiger partial charge in [0.05, 0.1) is 5.54 Å². The lowest BCUT2D eigenvalue weighted by Gasteiger charge is -2.25. The van der Waals surface area contributed by atoms with Crippen molar-refractivity contribution in [3.63, 3.8) is 0 Å². The largest absolute Gasteiger partial charge is 0.302 e. The van der Waals surface area contributed by atoms with Gasteiger partial charge in [0, 0.05) is 18.1 Å². The van der Waals surface area contributed by atoms with E-state index in [1.165, 1.54) is 22.3 Å². The first-order valence-corrected chi connectivity index (χ1v) is 7.50. The molecule has 3 heteroatoms. The van der Waals surface area contributed by atoms with Gasteiger partial charge in [-0.3, -0.25) is 0 Å². The van der Waals surface area contributed by atoms with Crippen LogP contribution < -0.4 is 5.32 Å². The Labute approximate surface area is 119 Å². The molecule has 0 saturated heterocycles. The zero-order chi connectivity index (χ0) is 14.0. The molecule has 0 aliphatic rings. The number of aryl methyl sites for hydroxylation is 3. The van der Waals surface area contributed by atoms with Crippen molar-refractivity contribution in [3.05, 3.63) is 51.0 Å². The minimum atomic E-state index is -0.0854. The van der Waals surface area contributed by atoms with Crippen molar-refractivity contribution in [3.8, 4) is 0 Å². The maximum Gasteiger partial charge on any atom is 0.112 e. The van der Waals surface area contributed by atoms with Crippen molar-refractivity contribution in [1.29, 1.82) is 0 Å². The summed E-state index contributed by atoms with van der Waals surface area (Å²) in [5, 5.41) is 6.79. The monoisotopic (exact) mass is 274 g/mol. The first kappa shape index (κ1) is 14.2. The summed E-state index contributed by atoms with van der Waals surface area (Å²) in [6.45, 7) is 11.8. The molecule has 1 N–H and O–H groups in total. The number of hydrogen-bond donors (Lipinski definition) is 1. The quantitative estimate of drug-likeness (QED) is 0.908. The molecule has 2 nitrogen and oxygen atoms in total. The summed E-state index contributed by atoms with van der Waals surface area (Å²) in [4.78, 5) is 4.42. The van der Waals surface area contributed by atoms with E-state index in [4.69, 9.17) is 0 Å². The Bertz CT molecular complexity index is 533.